The second-order valence-electron chi connectivity index (χ2n) is 15.4. The molecule has 10 atom stereocenters. The minimum Gasteiger partial charge on any atom is -0.466 e. The molecule has 13 heteroatoms. The normalized spacial score (nSPS) is 36.5. The minimum absolute atomic E-state index is 0.00818. The first-order chi connectivity index (χ1) is 24.7. The molecule has 0 aromatic rings. The second-order valence-corrected chi connectivity index (χ2v) is 15.4. The fraction of sp³-hybridized carbons (Fsp3) is 0.821. The highest BCUT2D eigenvalue weighted by atomic mass is 16.7. The van der Waals surface area contributed by atoms with E-state index in [4.69, 9.17) is 33.2 Å². The number of carbonyl (C=O) groups is 3. The summed E-state index contributed by atoms with van der Waals surface area (Å²) in [6.07, 6.45) is 6.24. The van der Waals surface area contributed by atoms with E-state index in [-0.39, 0.29) is 56.0 Å². The lowest BCUT2D eigenvalue weighted by molar-refractivity contribution is -0.327. The number of aliphatic hydroxyl groups is 3. The number of ether oxygens (including phenoxy) is 7. The van der Waals surface area contributed by atoms with Crippen LogP contribution in [-0.4, -0.2) is 108 Å². The monoisotopic (exact) mass is 738 g/mol. The van der Waals surface area contributed by atoms with E-state index in [0.717, 1.165) is 44.9 Å². The molecule has 0 radical (unpaired) electrons. The molecule has 4 rings (SSSR count). The van der Waals surface area contributed by atoms with Gasteiger partial charge in [-0.15, -0.1) is 0 Å². The first-order valence-corrected chi connectivity index (χ1v) is 19.3. The molecule has 3 N–H and O–H groups in total. The first-order valence-electron chi connectivity index (χ1n) is 19.3. The van der Waals surface area contributed by atoms with Gasteiger partial charge in [0, 0.05) is 30.8 Å². The zero-order chi connectivity index (χ0) is 37.9. The van der Waals surface area contributed by atoms with Crippen LogP contribution in [0.4, 0.5) is 0 Å². The van der Waals surface area contributed by atoms with Gasteiger partial charge in [-0.1, -0.05) is 52.5 Å². The summed E-state index contributed by atoms with van der Waals surface area (Å²) in [7, 11) is 1.22. The summed E-state index contributed by atoms with van der Waals surface area (Å²) in [5.74, 6) is -4.23. The van der Waals surface area contributed by atoms with Gasteiger partial charge in [-0.2, -0.15) is 0 Å². The number of methoxy groups -OCH3 is 1. The van der Waals surface area contributed by atoms with Gasteiger partial charge < -0.3 is 48.5 Å². The predicted molar refractivity (Wildman–Crippen MR) is 188 cm³/mol. The van der Waals surface area contributed by atoms with E-state index in [0.29, 0.717) is 25.9 Å². The van der Waals surface area contributed by atoms with Crippen molar-refractivity contribution in [1.82, 2.24) is 0 Å². The van der Waals surface area contributed by atoms with Crippen LogP contribution in [0.25, 0.3) is 0 Å². The molecule has 4 aliphatic rings. The summed E-state index contributed by atoms with van der Waals surface area (Å²) >= 11 is 0. The summed E-state index contributed by atoms with van der Waals surface area (Å²) in [6.45, 7) is 7.45. The molecule has 4 aliphatic heterocycles. The smallest absolute Gasteiger partial charge is 0.330 e. The third-order valence-electron chi connectivity index (χ3n) is 10.6. The van der Waals surface area contributed by atoms with Crippen LogP contribution in [0.15, 0.2) is 23.8 Å². The Bertz CT molecular complexity index is 1230. The predicted octanol–water partition coefficient (Wildman–Crippen LogP) is 4.71. The molecule has 0 aromatic carbocycles. The Morgan fingerprint density at radius 3 is 2.42 bits per heavy atom. The van der Waals surface area contributed by atoms with E-state index in [1.807, 2.05) is 0 Å². The van der Waals surface area contributed by atoms with Gasteiger partial charge in [0.1, 0.15) is 6.10 Å². The number of fused-ring (bicyclic) bond motifs is 6. The van der Waals surface area contributed by atoms with Gasteiger partial charge in [-0.25, -0.2) is 4.79 Å². The maximum Gasteiger partial charge on any atom is 0.330 e. The van der Waals surface area contributed by atoms with Crippen molar-refractivity contribution < 1.29 is 62.9 Å². The molecule has 296 valence electrons. The largest absolute Gasteiger partial charge is 0.466 e. The van der Waals surface area contributed by atoms with Crippen LogP contribution in [-0.2, 0) is 47.5 Å². The zero-order valence-corrected chi connectivity index (χ0v) is 31.7. The Kier molecular flexibility index (Phi) is 16.1. The molecule has 6 bridgehead atoms. The van der Waals surface area contributed by atoms with Crippen molar-refractivity contribution in [2.75, 3.05) is 13.7 Å². The van der Waals surface area contributed by atoms with Crippen molar-refractivity contribution >= 4 is 17.9 Å². The molecule has 1 unspecified atom stereocenters. The van der Waals surface area contributed by atoms with Crippen LogP contribution >= 0.6 is 0 Å². The Morgan fingerprint density at radius 1 is 1.00 bits per heavy atom. The summed E-state index contributed by atoms with van der Waals surface area (Å²) in [6, 6.07) is 0. The average Bonchev–Trinajstić information content (AvgIpc) is 3.08. The number of hydrogen-bond donors (Lipinski definition) is 3. The van der Waals surface area contributed by atoms with Gasteiger partial charge in [0.15, 0.2) is 12.4 Å². The maximum atomic E-state index is 13.3. The van der Waals surface area contributed by atoms with Gasteiger partial charge in [0.2, 0.25) is 5.79 Å². The lowest BCUT2D eigenvalue weighted by Gasteiger charge is -2.51. The fourth-order valence-corrected chi connectivity index (χ4v) is 7.51. The Balaban J connectivity index is 1.70. The number of carbonyl (C=O) groups excluding carboxylic acids is 3. The number of esters is 3. The molecule has 0 aromatic heterocycles. The van der Waals surface area contributed by atoms with Crippen molar-refractivity contribution in [2.45, 2.75) is 185 Å². The standard InChI is InChI=1S/C39H62O13/c1-6-7-8-9-10-14-33(42)51-37-26(20-34(43)46-5)19-31-24-32(25(2)40)50-35(44)22-27(41)21-28-12-11-13-29(48-28)23-30-16-18-47-36(49-30)15-17-38(3,4)39(37,45)52-31/h15,17,20,25,27-32,36-37,40-41,45H,6-14,16,18-19,21-24H2,1-5H3/b17-15-,26-20+/t25-,27-,28+,29-,30+,31?,32-,36+,37+,39-/m1/s1. The van der Waals surface area contributed by atoms with E-state index in [9.17, 15) is 29.7 Å². The topological polar surface area (TPSA) is 177 Å². The van der Waals surface area contributed by atoms with Gasteiger partial charge in [-0.3, -0.25) is 9.59 Å². The van der Waals surface area contributed by atoms with E-state index < -0.39 is 65.9 Å². The Labute approximate surface area is 308 Å². The van der Waals surface area contributed by atoms with Crippen LogP contribution in [0.1, 0.15) is 124 Å². The van der Waals surface area contributed by atoms with Crippen LogP contribution < -0.4 is 0 Å². The highest BCUT2D eigenvalue weighted by Crippen LogP contribution is 2.47. The molecule has 3 fully saturated rings. The van der Waals surface area contributed by atoms with Crippen LogP contribution in [0.5, 0.6) is 0 Å². The quantitative estimate of drug-likeness (QED) is 0.0976. The zero-order valence-electron chi connectivity index (χ0n) is 31.7. The summed E-state index contributed by atoms with van der Waals surface area (Å²) < 4.78 is 41.7. The minimum atomic E-state index is -2.26. The molecule has 13 nitrogen and oxygen atoms in total. The Morgan fingerprint density at radius 2 is 1.71 bits per heavy atom. The molecule has 0 saturated carbocycles. The van der Waals surface area contributed by atoms with Gasteiger partial charge in [-0.05, 0) is 63.5 Å². The molecular formula is C39H62O13. The summed E-state index contributed by atoms with van der Waals surface area (Å²) in [5.41, 5.74) is -1.05. The van der Waals surface area contributed by atoms with Crippen LogP contribution in [0, 0.1) is 5.41 Å². The second kappa shape index (κ2) is 19.8. The molecule has 3 saturated heterocycles. The van der Waals surface area contributed by atoms with Crippen molar-refractivity contribution in [3.05, 3.63) is 23.8 Å². The van der Waals surface area contributed by atoms with Gasteiger partial charge in [0.05, 0.1) is 56.8 Å². The van der Waals surface area contributed by atoms with Crippen LogP contribution in [0.2, 0.25) is 0 Å². The third-order valence-corrected chi connectivity index (χ3v) is 10.6. The van der Waals surface area contributed by atoms with Crippen molar-refractivity contribution in [3.63, 3.8) is 0 Å². The number of cyclic esters (lactones) is 1. The van der Waals surface area contributed by atoms with Crippen LogP contribution in [0.3, 0.4) is 0 Å². The molecule has 52 heavy (non-hydrogen) atoms. The molecule has 0 amide bonds. The fourth-order valence-electron chi connectivity index (χ4n) is 7.51. The third kappa shape index (κ3) is 12.1. The highest BCUT2D eigenvalue weighted by molar-refractivity contribution is 5.83. The van der Waals surface area contributed by atoms with Crippen molar-refractivity contribution in [3.8, 4) is 0 Å². The number of hydrogen-bond acceptors (Lipinski definition) is 13. The van der Waals surface area contributed by atoms with E-state index in [2.05, 4.69) is 6.92 Å². The van der Waals surface area contributed by atoms with Crippen molar-refractivity contribution in [1.29, 1.82) is 0 Å². The van der Waals surface area contributed by atoms with Crippen molar-refractivity contribution in [2.24, 2.45) is 5.41 Å². The summed E-state index contributed by atoms with van der Waals surface area (Å²) in [5, 5.41) is 34.3. The number of rotatable bonds is 9. The van der Waals surface area contributed by atoms with Gasteiger partial charge >= 0.3 is 17.9 Å². The SMILES string of the molecule is CCCCCCCC(=O)O[C@H]1/C(=C/C(=O)OC)CC2C[C@H]([C@@H](C)O)OC(=O)C[C@H](O)C[C@@H]3CCC[C@H](C[C@@H]4CCO[C@H](/C=C\C(C)(C)[C@]1(O)O2)O4)O3. The average molecular weight is 739 g/mol. The van der Waals surface area contributed by atoms with E-state index in [1.54, 1.807) is 26.0 Å². The van der Waals surface area contributed by atoms with Gasteiger partial charge in [0.25, 0.3) is 0 Å². The number of aliphatic hydroxyl groups excluding tert-OH is 2. The lowest BCUT2D eigenvalue weighted by atomic mass is 9.74. The maximum absolute atomic E-state index is 13.3. The highest BCUT2D eigenvalue weighted by Gasteiger charge is 2.57. The lowest BCUT2D eigenvalue weighted by Crippen LogP contribution is -2.62. The molecule has 0 aliphatic carbocycles. The Hall–Kier alpha value is -2.39. The summed E-state index contributed by atoms with van der Waals surface area (Å²) in [4.78, 5) is 39.1. The first kappa shape index (κ1) is 42.4. The molecular weight excluding hydrogens is 676 g/mol. The number of unbranched alkanes of at least 4 members (excludes halogenated alkanes) is 4. The molecule has 0 spiro atoms. The molecule has 4 heterocycles. The van der Waals surface area contributed by atoms with E-state index in [1.165, 1.54) is 20.1 Å². The van der Waals surface area contributed by atoms with E-state index >= 15 is 0 Å².